The first-order valence-electron chi connectivity index (χ1n) is 4.78. The molecule has 0 aliphatic rings. The van der Waals surface area contributed by atoms with Gasteiger partial charge in [0.1, 0.15) is 5.82 Å². The minimum absolute atomic E-state index is 0.351. The molecule has 1 aromatic carbocycles. The molecule has 0 aliphatic carbocycles. The van der Waals surface area contributed by atoms with Gasteiger partial charge >= 0.3 is 0 Å². The number of rotatable bonds is 4. The highest BCUT2D eigenvalue weighted by molar-refractivity contribution is 6.31. The van der Waals surface area contributed by atoms with Crippen LogP contribution in [-0.2, 0) is 0 Å². The van der Waals surface area contributed by atoms with Crippen LogP contribution in [0.25, 0.3) is 16.5 Å². The number of nitrogens with zero attached hydrogens (tertiary/aromatic N) is 3. The number of hydrogen-bond donors (Lipinski definition) is 0. The molecule has 16 heavy (non-hydrogen) atoms. The number of azide groups is 1. The van der Waals surface area contributed by atoms with Crippen LogP contribution in [-0.4, -0.2) is 6.54 Å². The Morgan fingerprint density at radius 1 is 1.56 bits per heavy atom. The van der Waals surface area contributed by atoms with Crippen LogP contribution >= 0.6 is 11.6 Å². The van der Waals surface area contributed by atoms with E-state index in [1.807, 2.05) is 6.92 Å². The van der Waals surface area contributed by atoms with Gasteiger partial charge in [0, 0.05) is 22.0 Å². The molecule has 0 fully saturated rings. The maximum Gasteiger partial charge on any atom is 0.131 e. The van der Waals surface area contributed by atoms with E-state index in [1.54, 1.807) is 18.2 Å². The monoisotopic (exact) mass is 239 g/mol. The number of benzene rings is 1. The van der Waals surface area contributed by atoms with Crippen molar-refractivity contribution in [3.8, 4) is 0 Å². The summed E-state index contributed by atoms with van der Waals surface area (Å²) in [5.74, 6) is -0.351. The molecule has 0 unspecified atom stereocenters. The minimum Gasteiger partial charge on any atom is -0.206 e. The van der Waals surface area contributed by atoms with E-state index in [0.717, 1.165) is 5.56 Å². The van der Waals surface area contributed by atoms with E-state index in [2.05, 4.69) is 10.0 Å². The van der Waals surface area contributed by atoms with Gasteiger partial charge in [0.2, 0.25) is 0 Å². The summed E-state index contributed by atoms with van der Waals surface area (Å²) >= 11 is 5.77. The summed E-state index contributed by atoms with van der Waals surface area (Å²) in [4.78, 5) is 2.62. The molecule has 0 atom stereocenters. The Morgan fingerprint density at radius 2 is 2.31 bits per heavy atom. The van der Waals surface area contributed by atoms with Crippen LogP contribution in [0.1, 0.15) is 17.5 Å². The Bertz CT molecular complexity index is 451. The Balaban J connectivity index is 2.73. The first-order chi connectivity index (χ1) is 7.65. The molecular formula is C11H11ClFN3. The van der Waals surface area contributed by atoms with Gasteiger partial charge in [0.15, 0.2) is 0 Å². The molecule has 3 nitrogen and oxygen atoms in total. The maximum atomic E-state index is 13.4. The fourth-order valence-electron chi connectivity index (χ4n) is 1.19. The van der Waals surface area contributed by atoms with Crippen molar-refractivity contribution in [1.82, 2.24) is 0 Å². The lowest BCUT2D eigenvalue weighted by molar-refractivity contribution is 0.624. The van der Waals surface area contributed by atoms with Crippen molar-refractivity contribution in [2.24, 2.45) is 5.11 Å². The third kappa shape index (κ3) is 3.57. The second kappa shape index (κ2) is 6.16. The summed E-state index contributed by atoms with van der Waals surface area (Å²) in [6.07, 6.45) is 4.01. The maximum absolute atomic E-state index is 13.4. The Labute approximate surface area is 98.2 Å². The van der Waals surface area contributed by atoms with Gasteiger partial charge in [-0.25, -0.2) is 4.39 Å². The van der Waals surface area contributed by atoms with Gasteiger partial charge in [-0.05, 0) is 36.6 Å². The van der Waals surface area contributed by atoms with Gasteiger partial charge in [0.25, 0.3) is 0 Å². The zero-order chi connectivity index (χ0) is 12.0. The van der Waals surface area contributed by atoms with Crippen molar-refractivity contribution < 1.29 is 4.39 Å². The van der Waals surface area contributed by atoms with Crippen molar-refractivity contribution >= 4 is 17.7 Å². The first kappa shape index (κ1) is 12.6. The van der Waals surface area contributed by atoms with Gasteiger partial charge in [-0.2, -0.15) is 0 Å². The number of aryl methyl sites for hydroxylation is 1. The van der Waals surface area contributed by atoms with Crippen LogP contribution in [0.4, 0.5) is 4.39 Å². The molecule has 0 heterocycles. The van der Waals surface area contributed by atoms with E-state index in [0.29, 0.717) is 23.6 Å². The third-order valence-electron chi connectivity index (χ3n) is 2.03. The second-order valence-electron chi connectivity index (χ2n) is 3.27. The minimum atomic E-state index is -0.351. The van der Waals surface area contributed by atoms with E-state index in [-0.39, 0.29) is 5.82 Å². The van der Waals surface area contributed by atoms with Crippen molar-refractivity contribution in [3.05, 3.63) is 50.6 Å². The summed E-state index contributed by atoms with van der Waals surface area (Å²) in [6.45, 7) is 2.19. The van der Waals surface area contributed by atoms with Crippen LogP contribution in [0.2, 0.25) is 5.02 Å². The Hall–Kier alpha value is -1.51. The van der Waals surface area contributed by atoms with Crippen molar-refractivity contribution in [2.45, 2.75) is 13.3 Å². The van der Waals surface area contributed by atoms with E-state index < -0.39 is 0 Å². The number of halogens is 2. The molecule has 0 aliphatic heterocycles. The molecular weight excluding hydrogens is 229 g/mol. The van der Waals surface area contributed by atoms with Gasteiger partial charge < -0.3 is 0 Å². The highest BCUT2D eigenvalue weighted by Gasteiger charge is 2.02. The summed E-state index contributed by atoms with van der Waals surface area (Å²) in [7, 11) is 0. The Kier molecular flexibility index (Phi) is 4.83. The van der Waals surface area contributed by atoms with Crippen LogP contribution in [0.3, 0.4) is 0 Å². The van der Waals surface area contributed by atoms with E-state index in [1.165, 1.54) is 6.07 Å². The number of hydrogen-bond acceptors (Lipinski definition) is 1. The average Bonchev–Trinajstić information content (AvgIpc) is 2.25. The molecule has 0 saturated carbocycles. The summed E-state index contributed by atoms with van der Waals surface area (Å²) < 4.78 is 13.4. The largest absolute Gasteiger partial charge is 0.206 e. The predicted molar refractivity (Wildman–Crippen MR) is 63.8 cm³/mol. The first-order valence-corrected chi connectivity index (χ1v) is 5.16. The predicted octanol–water partition coefficient (Wildman–Crippen LogP) is 4.50. The van der Waals surface area contributed by atoms with Crippen molar-refractivity contribution in [3.63, 3.8) is 0 Å². The fraction of sp³-hybridized carbons (Fsp3) is 0.273. The standard InChI is InChI=1S/C11H11ClFN3/c1-8-6-9(11(13)7-10(8)12)4-2-3-5-15-16-14/h2,4,6-7H,3,5H2,1H3. The van der Waals surface area contributed by atoms with Gasteiger partial charge in [-0.1, -0.05) is 28.9 Å². The zero-order valence-electron chi connectivity index (χ0n) is 8.82. The second-order valence-corrected chi connectivity index (χ2v) is 3.68. The highest BCUT2D eigenvalue weighted by atomic mass is 35.5. The van der Waals surface area contributed by atoms with Gasteiger partial charge in [-0.3, -0.25) is 0 Å². The van der Waals surface area contributed by atoms with Crippen LogP contribution in [0.15, 0.2) is 23.3 Å². The molecule has 1 rings (SSSR count). The van der Waals surface area contributed by atoms with Gasteiger partial charge in [-0.15, -0.1) is 0 Å². The average molecular weight is 240 g/mol. The van der Waals surface area contributed by atoms with Crippen molar-refractivity contribution in [2.75, 3.05) is 6.54 Å². The lowest BCUT2D eigenvalue weighted by atomic mass is 10.1. The summed E-state index contributed by atoms with van der Waals surface area (Å²) in [5.41, 5.74) is 9.37. The quantitative estimate of drug-likeness (QED) is 0.321. The fourth-order valence-corrected chi connectivity index (χ4v) is 1.34. The normalized spacial score (nSPS) is 10.4. The molecule has 0 saturated heterocycles. The molecule has 0 spiro atoms. The zero-order valence-corrected chi connectivity index (χ0v) is 9.58. The molecule has 84 valence electrons. The molecule has 5 heteroatoms. The summed E-state index contributed by atoms with van der Waals surface area (Å²) in [5, 5.41) is 3.79. The summed E-state index contributed by atoms with van der Waals surface area (Å²) in [6, 6.07) is 2.98. The third-order valence-corrected chi connectivity index (χ3v) is 2.44. The molecule has 0 bridgehead atoms. The topological polar surface area (TPSA) is 48.8 Å². The van der Waals surface area contributed by atoms with Crippen LogP contribution in [0.5, 0.6) is 0 Å². The molecule has 0 aromatic heterocycles. The lowest BCUT2D eigenvalue weighted by Crippen LogP contribution is -1.85. The Morgan fingerprint density at radius 3 is 3.00 bits per heavy atom. The molecule has 0 N–H and O–H groups in total. The van der Waals surface area contributed by atoms with Crippen LogP contribution < -0.4 is 0 Å². The van der Waals surface area contributed by atoms with E-state index >= 15 is 0 Å². The smallest absolute Gasteiger partial charge is 0.131 e. The van der Waals surface area contributed by atoms with E-state index in [9.17, 15) is 4.39 Å². The van der Waals surface area contributed by atoms with E-state index in [4.69, 9.17) is 17.1 Å². The SMILES string of the molecule is Cc1cc(C=CCCN=[N+]=[N-])c(F)cc1Cl. The highest BCUT2D eigenvalue weighted by Crippen LogP contribution is 2.20. The van der Waals surface area contributed by atoms with Crippen molar-refractivity contribution in [1.29, 1.82) is 0 Å². The molecule has 0 amide bonds. The molecule has 1 aromatic rings. The molecule has 0 radical (unpaired) electrons. The van der Waals surface area contributed by atoms with Crippen LogP contribution in [0, 0.1) is 12.7 Å². The lowest BCUT2D eigenvalue weighted by Gasteiger charge is -2.01. The van der Waals surface area contributed by atoms with Gasteiger partial charge in [0.05, 0.1) is 0 Å².